The van der Waals surface area contributed by atoms with Crippen LogP contribution in [-0.4, -0.2) is 29.9 Å². The number of nitriles is 1. The monoisotopic (exact) mass is 388 g/mol. The number of aryl methyl sites for hydroxylation is 1. The van der Waals surface area contributed by atoms with Gasteiger partial charge in [0.15, 0.2) is 0 Å². The molecule has 29 heavy (non-hydrogen) atoms. The summed E-state index contributed by atoms with van der Waals surface area (Å²) in [7, 11) is 0. The van der Waals surface area contributed by atoms with Crippen LogP contribution in [0.4, 0.5) is 0 Å². The first-order valence-corrected chi connectivity index (χ1v) is 9.91. The third-order valence-corrected chi connectivity index (χ3v) is 5.05. The minimum Gasteiger partial charge on any atom is -0.489 e. The van der Waals surface area contributed by atoms with Crippen LogP contribution in [0.2, 0.25) is 0 Å². The fraction of sp³-hybridized carbons (Fsp3) is 0.320. The van der Waals surface area contributed by atoms with Crippen LogP contribution >= 0.6 is 0 Å². The lowest BCUT2D eigenvalue weighted by molar-refractivity contribution is 0.0987. The quantitative estimate of drug-likeness (QED) is 0.601. The van der Waals surface area contributed by atoms with Crippen molar-refractivity contribution in [1.29, 1.82) is 5.26 Å². The molecule has 0 bridgehead atoms. The van der Waals surface area contributed by atoms with E-state index in [1.54, 1.807) is 6.07 Å². The molecular formula is C25H28N2O2. The highest BCUT2D eigenvalue weighted by Gasteiger charge is 2.20. The van der Waals surface area contributed by atoms with E-state index in [2.05, 4.69) is 61.6 Å². The molecule has 4 heteroatoms. The topological polar surface area (TPSA) is 65.3 Å². The summed E-state index contributed by atoms with van der Waals surface area (Å²) in [6.07, 6.45) is 0.180. The summed E-state index contributed by atoms with van der Waals surface area (Å²) >= 11 is 0. The predicted molar refractivity (Wildman–Crippen MR) is 117 cm³/mol. The first kappa shape index (κ1) is 20.9. The van der Waals surface area contributed by atoms with Crippen molar-refractivity contribution < 1.29 is 9.84 Å². The first-order valence-electron chi connectivity index (χ1n) is 9.91. The molecular weight excluding hydrogens is 360 g/mol. The van der Waals surface area contributed by atoms with Gasteiger partial charge in [0, 0.05) is 12.1 Å². The minimum absolute atomic E-state index is 0.136. The van der Waals surface area contributed by atoms with Crippen LogP contribution in [0.5, 0.6) is 5.75 Å². The van der Waals surface area contributed by atoms with Gasteiger partial charge in [-0.2, -0.15) is 5.26 Å². The van der Waals surface area contributed by atoms with Gasteiger partial charge in [0.05, 0.1) is 5.56 Å². The van der Waals surface area contributed by atoms with Gasteiger partial charge in [-0.25, -0.2) is 0 Å². The maximum absolute atomic E-state index is 10.3. The Morgan fingerprint density at radius 2 is 1.83 bits per heavy atom. The van der Waals surface area contributed by atoms with Crippen molar-refractivity contribution in [2.75, 3.05) is 13.2 Å². The molecule has 1 unspecified atom stereocenters. The molecule has 0 saturated carbocycles. The van der Waals surface area contributed by atoms with E-state index in [-0.39, 0.29) is 12.1 Å². The summed E-state index contributed by atoms with van der Waals surface area (Å²) in [5.41, 5.74) is 2.47. The lowest BCUT2D eigenvalue weighted by Gasteiger charge is -2.28. The number of rotatable bonds is 8. The number of hydrogen-bond acceptors (Lipinski definition) is 4. The van der Waals surface area contributed by atoms with E-state index in [0.29, 0.717) is 17.9 Å². The third-order valence-electron chi connectivity index (χ3n) is 5.05. The van der Waals surface area contributed by atoms with Gasteiger partial charge in [0.1, 0.15) is 24.5 Å². The molecule has 3 aromatic carbocycles. The number of nitrogens with one attached hydrogen (secondary N) is 1. The number of β-amino-alcohol motifs (C(OH)–C–C–N with tert-alkyl or cyclic N) is 1. The van der Waals surface area contributed by atoms with E-state index in [1.807, 2.05) is 25.1 Å². The molecule has 3 rings (SSSR count). The van der Waals surface area contributed by atoms with Gasteiger partial charge in [0.2, 0.25) is 0 Å². The lowest BCUT2D eigenvalue weighted by Crippen LogP contribution is -2.46. The van der Waals surface area contributed by atoms with Crippen molar-refractivity contribution in [3.63, 3.8) is 0 Å². The van der Waals surface area contributed by atoms with Crippen molar-refractivity contribution in [1.82, 2.24) is 5.32 Å². The molecule has 150 valence electrons. The van der Waals surface area contributed by atoms with Gasteiger partial charge in [-0.15, -0.1) is 0 Å². The Morgan fingerprint density at radius 3 is 2.59 bits per heavy atom. The van der Waals surface area contributed by atoms with Gasteiger partial charge in [-0.05, 0) is 55.2 Å². The van der Waals surface area contributed by atoms with E-state index in [1.165, 1.54) is 16.3 Å². The molecule has 0 radical (unpaired) electrons. The zero-order valence-corrected chi connectivity index (χ0v) is 17.3. The summed E-state index contributed by atoms with van der Waals surface area (Å²) in [4.78, 5) is 0. The second kappa shape index (κ2) is 9.09. The van der Waals surface area contributed by atoms with Crippen LogP contribution in [0.3, 0.4) is 0 Å². The Hall–Kier alpha value is -2.87. The van der Waals surface area contributed by atoms with E-state index in [9.17, 15) is 10.4 Å². The fourth-order valence-corrected chi connectivity index (χ4v) is 3.46. The van der Waals surface area contributed by atoms with E-state index in [4.69, 9.17) is 4.74 Å². The molecule has 0 aliphatic carbocycles. The van der Waals surface area contributed by atoms with Gasteiger partial charge in [-0.3, -0.25) is 0 Å². The van der Waals surface area contributed by atoms with Crippen molar-refractivity contribution in [2.45, 2.75) is 38.8 Å². The number of hydrogen-bond donors (Lipinski definition) is 2. The number of nitrogens with zero attached hydrogens (tertiary/aromatic N) is 1. The Balaban J connectivity index is 1.54. The standard InChI is InChI=1S/C25H28N2O2/c1-18-7-6-10-24(23(18)15-26)29-17-22(28)16-27-25(2,3)14-19-11-12-20-8-4-5-9-21(20)13-19/h4-13,22,27-28H,14,16-17H2,1-3H3. The van der Waals surface area contributed by atoms with Crippen LogP contribution in [0.25, 0.3) is 10.8 Å². The number of aliphatic hydroxyl groups is 1. The second-order valence-corrected chi connectivity index (χ2v) is 8.15. The van der Waals surface area contributed by atoms with E-state index >= 15 is 0 Å². The number of benzene rings is 3. The van der Waals surface area contributed by atoms with Crippen molar-refractivity contribution >= 4 is 10.8 Å². The van der Waals surface area contributed by atoms with E-state index in [0.717, 1.165) is 12.0 Å². The summed E-state index contributed by atoms with van der Waals surface area (Å²) in [5, 5.41) is 25.5. The zero-order valence-electron chi connectivity index (χ0n) is 17.3. The maximum Gasteiger partial charge on any atom is 0.137 e. The molecule has 0 amide bonds. The number of ether oxygens (including phenoxy) is 1. The van der Waals surface area contributed by atoms with Gasteiger partial charge in [-0.1, -0.05) is 54.6 Å². The number of aliphatic hydroxyl groups excluding tert-OH is 1. The Kier molecular flexibility index (Phi) is 6.53. The molecule has 0 aromatic heterocycles. The van der Waals surface area contributed by atoms with Gasteiger partial charge in [0.25, 0.3) is 0 Å². The SMILES string of the molecule is Cc1cccc(OCC(O)CNC(C)(C)Cc2ccc3ccccc3c2)c1C#N. The van der Waals surface area contributed by atoms with Crippen LogP contribution in [0.15, 0.2) is 60.7 Å². The smallest absolute Gasteiger partial charge is 0.137 e. The Morgan fingerprint density at radius 1 is 1.07 bits per heavy atom. The molecule has 1 atom stereocenters. The second-order valence-electron chi connectivity index (χ2n) is 8.15. The van der Waals surface area contributed by atoms with Crippen molar-refractivity contribution in [3.8, 4) is 11.8 Å². The van der Waals surface area contributed by atoms with Crippen LogP contribution in [0.1, 0.15) is 30.5 Å². The molecule has 2 N–H and O–H groups in total. The summed E-state index contributed by atoms with van der Waals surface area (Å²) in [6, 6.07) is 22.5. The number of fused-ring (bicyclic) bond motifs is 1. The van der Waals surface area contributed by atoms with E-state index < -0.39 is 6.10 Å². The highest BCUT2D eigenvalue weighted by molar-refractivity contribution is 5.83. The van der Waals surface area contributed by atoms with Gasteiger partial charge >= 0.3 is 0 Å². The zero-order chi connectivity index (χ0) is 20.9. The highest BCUT2D eigenvalue weighted by atomic mass is 16.5. The normalized spacial score (nSPS) is 12.5. The molecule has 0 aliphatic rings. The van der Waals surface area contributed by atoms with Crippen molar-refractivity contribution in [3.05, 3.63) is 77.4 Å². The third kappa shape index (κ3) is 5.57. The largest absolute Gasteiger partial charge is 0.489 e. The molecule has 4 nitrogen and oxygen atoms in total. The molecule has 0 aliphatic heterocycles. The molecule has 0 heterocycles. The summed E-state index contributed by atoms with van der Waals surface area (Å²) < 4.78 is 5.69. The van der Waals surface area contributed by atoms with Crippen LogP contribution in [-0.2, 0) is 6.42 Å². The Bertz CT molecular complexity index is 1020. The molecule has 0 saturated heterocycles. The molecule has 0 fully saturated rings. The minimum atomic E-state index is -0.669. The first-order chi connectivity index (χ1) is 13.9. The fourth-order valence-electron chi connectivity index (χ4n) is 3.46. The molecule has 3 aromatic rings. The Labute approximate surface area is 172 Å². The van der Waals surface area contributed by atoms with Crippen molar-refractivity contribution in [2.24, 2.45) is 0 Å². The predicted octanol–water partition coefficient (Wildman–Crippen LogP) is 4.37. The van der Waals surface area contributed by atoms with Gasteiger partial charge < -0.3 is 15.2 Å². The lowest BCUT2D eigenvalue weighted by atomic mass is 9.93. The average Bonchev–Trinajstić information content (AvgIpc) is 2.70. The summed E-state index contributed by atoms with van der Waals surface area (Å²) in [6.45, 7) is 6.68. The average molecular weight is 389 g/mol. The highest BCUT2D eigenvalue weighted by Crippen LogP contribution is 2.21. The molecule has 0 spiro atoms. The van der Waals surface area contributed by atoms with Crippen LogP contribution in [0, 0.1) is 18.3 Å². The van der Waals surface area contributed by atoms with Crippen LogP contribution < -0.4 is 10.1 Å². The maximum atomic E-state index is 10.3. The summed E-state index contributed by atoms with van der Waals surface area (Å²) in [5.74, 6) is 0.516.